The third-order valence-electron chi connectivity index (χ3n) is 1.11. The Bertz CT molecular complexity index is 162. The SMILES string of the molecule is ClC[B]c1ccccc1. The number of hydrogen-bond donors (Lipinski definition) is 0. The second-order valence-electron chi connectivity index (χ2n) is 1.77. The van der Waals surface area contributed by atoms with Gasteiger partial charge >= 0.3 is 0 Å². The molecular formula is C7H7BCl. The summed E-state index contributed by atoms with van der Waals surface area (Å²) in [6, 6.07) is 10.0. The summed E-state index contributed by atoms with van der Waals surface area (Å²) in [6.07, 6.45) is 0. The maximum atomic E-state index is 5.48. The molecule has 2 heteroatoms. The topological polar surface area (TPSA) is 0 Å². The Balaban J connectivity index is 2.61. The highest BCUT2D eigenvalue weighted by molar-refractivity contribution is 6.62. The molecule has 9 heavy (non-hydrogen) atoms. The first-order valence-electron chi connectivity index (χ1n) is 2.87. The van der Waals surface area contributed by atoms with E-state index in [0.717, 1.165) is 0 Å². The normalized spacial score (nSPS) is 9.00. The Morgan fingerprint density at radius 2 is 1.89 bits per heavy atom. The van der Waals surface area contributed by atoms with E-state index in [1.165, 1.54) is 5.46 Å². The Morgan fingerprint density at radius 3 is 2.44 bits per heavy atom. The average molecular weight is 137 g/mol. The van der Waals surface area contributed by atoms with Crippen molar-refractivity contribution in [3.05, 3.63) is 30.3 Å². The fourth-order valence-electron chi connectivity index (χ4n) is 0.678. The van der Waals surface area contributed by atoms with Gasteiger partial charge in [-0.3, -0.25) is 0 Å². The van der Waals surface area contributed by atoms with E-state index >= 15 is 0 Å². The molecule has 0 atom stereocenters. The molecule has 45 valence electrons. The molecule has 1 aromatic rings. The van der Waals surface area contributed by atoms with Gasteiger partial charge in [-0.25, -0.2) is 0 Å². The molecule has 0 aliphatic rings. The van der Waals surface area contributed by atoms with Gasteiger partial charge in [0.15, 0.2) is 7.28 Å². The van der Waals surface area contributed by atoms with Crippen LogP contribution in [0.4, 0.5) is 0 Å². The summed E-state index contributed by atoms with van der Waals surface area (Å²) in [4.78, 5) is 0. The molecule has 0 bridgehead atoms. The molecule has 0 amide bonds. The van der Waals surface area contributed by atoms with Gasteiger partial charge in [0, 0.05) is 0 Å². The molecule has 0 saturated heterocycles. The van der Waals surface area contributed by atoms with E-state index in [2.05, 4.69) is 0 Å². The van der Waals surface area contributed by atoms with Gasteiger partial charge in [0.2, 0.25) is 0 Å². The lowest BCUT2D eigenvalue weighted by atomic mass is 9.73. The fourth-order valence-corrected chi connectivity index (χ4v) is 0.856. The monoisotopic (exact) mass is 137 g/mol. The van der Waals surface area contributed by atoms with E-state index in [1.54, 1.807) is 0 Å². The summed E-state index contributed by atoms with van der Waals surface area (Å²) < 4.78 is 0. The molecule has 0 aliphatic carbocycles. The van der Waals surface area contributed by atoms with Gasteiger partial charge in [-0.1, -0.05) is 35.8 Å². The van der Waals surface area contributed by atoms with Crippen molar-refractivity contribution in [3.63, 3.8) is 0 Å². The number of alkyl halides is 1. The molecule has 1 aromatic carbocycles. The molecule has 0 spiro atoms. The molecule has 0 aromatic heterocycles. The smallest absolute Gasteiger partial charge is 0.136 e. The van der Waals surface area contributed by atoms with Crippen LogP contribution in [-0.2, 0) is 0 Å². The largest absolute Gasteiger partial charge is 0.170 e. The van der Waals surface area contributed by atoms with E-state index in [9.17, 15) is 0 Å². The third-order valence-corrected chi connectivity index (χ3v) is 1.27. The summed E-state index contributed by atoms with van der Waals surface area (Å²) in [7, 11) is 1.97. The number of rotatable bonds is 2. The van der Waals surface area contributed by atoms with Gasteiger partial charge in [-0.2, -0.15) is 0 Å². The minimum Gasteiger partial charge on any atom is -0.136 e. The quantitative estimate of drug-likeness (QED) is 0.425. The lowest BCUT2D eigenvalue weighted by molar-refractivity contribution is 1.76. The van der Waals surface area contributed by atoms with Gasteiger partial charge < -0.3 is 0 Å². The standard InChI is InChI=1S/C7H7BCl/c9-6-8-7-4-2-1-3-5-7/h1-5H,6H2. The lowest BCUT2D eigenvalue weighted by Crippen LogP contribution is -2.13. The minimum atomic E-state index is 0.587. The maximum Gasteiger partial charge on any atom is 0.170 e. The van der Waals surface area contributed by atoms with Crippen molar-refractivity contribution < 1.29 is 0 Å². The van der Waals surface area contributed by atoms with E-state index in [0.29, 0.717) is 5.78 Å². The van der Waals surface area contributed by atoms with Crippen LogP contribution >= 0.6 is 11.6 Å². The van der Waals surface area contributed by atoms with Crippen LogP contribution in [-0.4, -0.2) is 13.1 Å². The molecule has 0 N–H and O–H groups in total. The van der Waals surface area contributed by atoms with Gasteiger partial charge in [0.1, 0.15) is 0 Å². The van der Waals surface area contributed by atoms with Gasteiger partial charge in [-0.05, 0) is 5.78 Å². The molecule has 1 radical (unpaired) electrons. The summed E-state index contributed by atoms with van der Waals surface area (Å²) in [5.41, 5.74) is 1.19. The Labute approximate surface area is 61.1 Å². The first-order valence-corrected chi connectivity index (χ1v) is 3.41. The van der Waals surface area contributed by atoms with Crippen LogP contribution in [0.15, 0.2) is 30.3 Å². The maximum absolute atomic E-state index is 5.48. The first kappa shape index (κ1) is 6.69. The predicted octanol–water partition coefficient (Wildman–Crippen LogP) is 1.21. The molecule has 0 heterocycles. The summed E-state index contributed by atoms with van der Waals surface area (Å²) in [6.45, 7) is 0. The van der Waals surface area contributed by atoms with Crippen LogP contribution in [0.25, 0.3) is 0 Å². The molecule has 0 unspecified atom stereocenters. The second-order valence-corrected chi connectivity index (χ2v) is 2.08. The zero-order valence-electron chi connectivity index (χ0n) is 5.05. The van der Waals surface area contributed by atoms with Crippen molar-refractivity contribution in [1.29, 1.82) is 0 Å². The molecule has 0 aliphatic heterocycles. The van der Waals surface area contributed by atoms with E-state index in [4.69, 9.17) is 11.6 Å². The number of halogens is 1. The molecular weight excluding hydrogens is 130 g/mol. The lowest BCUT2D eigenvalue weighted by Gasteiger charge is -1.91. The Kier molecular flexibility index (Phi) is 2.66. The first-order chi connectivity index (χ1) is 4.43. The third kappa shape index (κ3) is 2.11. The predicted molar refractivity (Wildman–Crippen MR) is 42.6 cm³/mol. The van der Waals surface area contributed by atoms with Crippen LogP contribution in [0.2, 0.25) is 0 Å². The van der Waals surface area contributed by atoms with Crippen molar-refractivity contribution in [1.82, 2.24) is 0 Å². The highest BCUT2D eigenvalue weighted by Crippen LogP contribution is 1.81. The molecule has 0 nitrogen and oxygen atoms in total. The summed E-state index contributed by atoms with van der Waals surface area (Å²) in [5, 5.41) is 0. The minimum absolute atomic E-state index is 0.587. The second kappa shape index (κ2) is 3.57. The van der Waals surface area contributed by atoms with Crippen LogP contribution in [0.5, 0.6) is 0 Å². The van der Waals surface area contributed by atoms with Gasteiger partial charge in [0.25, 0.3) is 0 Å². The summed E-state index contributed by atoms with van der Waals surface area (Å²) in [5.74, 6) is 0.587. The molecule has 0 fully saturated rings. The van der Waals surface area contributed by atoms with Crippen LogP contribution in [0.3, 0.4) is 0 Å². The zero-order valence-corrected chi connectivity index (χ0v) is 5.81. The van der Waals surface area contributed by atoms with Crippen molar-refractivity contribution in [2.45, 2.75) is 0 Å². The Hall–Kier alpha value is -0.425. The highest BCUT2D eigenvalue weighted by atomic mass is 35.5. The van der Waals surface area contributed by atoms with Crippen molar-refractivity contribution >= 4 is 24.3 Å². The van der Waals surface area contributed by atoms with E-state index in [1.807, 2.05) is 37.6 Å². The van der Waals surface area contributed by atoms with Crippen molar-refractivity contribution in [2.75, 3.05) is 5.78 Å². The van der Waals surface area contributed by atoms with Crippen molar-refractivity contribution in [3.8, 4) is 0 Å². The molecule has 1 rings (SSSR count). The molecule has 0 saturated carbocycles. The Morgan fingerprint density at radius 1 is 1.22 bits per heavy atom. The number of benzene rings is 1. The van der Waals surface area contributed by atoms with E-state index in [-0.39, 0.29) is 0 Å². The highest BCUT2D eigenvalue weighted by Gasteiger charge is 1.88. The van der Waals surface area contributed by atoms with Crippen LogP contribution < -0.4 is 5.46 Å². The van der Waals surface area contributed by atoms with Crippen LogP contribution in [0.1, 0.15) is 0 Å². The van der Waals surface area contributed by atoms with Crippen molar-refractivity contribution in [2.24, 2.45) is 0 Å². The zero-order chi connectivity index (χ0) is 6.53. The van der Waals surface area contributed by atoms with Gasteiger partial charge in [-0.15, -0.1) is 11.6 Å². The van der Waals surface area contributed by atoms with Crippen LogP contribution in [0, 0.1) is 0 Å². The van der Waals surface area contributed by atoms with Gasteiger partial charge in [0.05, 0.1) is 0 Å². The van der Waals surface area contributed by atoms with E-state index < -0.39 is 0 Å². The summed E-state index contributed by atoms with van der Waals surface area (Å²) >= 11 is 5.48. The number of hydrogen-bond acceptors (Lipinski definition) is 0. The fraction of sp³-hybridized carbons (Fsp3) is 0.143. The average Bonchev–Trinajstić information content (AvgIpc) is 1.91.